The van der Waals surface area contributed by atoms with Crippen LogP contribution in [0.3, 0.4) is 0 Å². The summed E-state index contributed by atoms with van der Waals surface area (Å²) in [5.41, 5.74) is 2.42. The molecule has 1 N–H and O–H groups in total. The van der Waals surface area contributed by atoms with Crippen LogP contribution in [0.1, 0.15) is 31.4 Å². The van der Waals surface area contributed by atoms with Crippen LogP contribution in [0, 0.1) is 0 Å². The van der Waals surface area contributed by atoms with Crippen molar-refractivity contribution in [3.63, 3.8) is 0 Å². The van der Waals surface area contributed by atoms with E-state index in [1.54, 1.807) is 0 Å². The van der Waals surface area contributed by atoms with Crippen LogP contribution in [0.2, 0.25) is 0 Å². The third-order valence-electron chi connectivity index (χ3n) is 3.21. The average molecular weight is 285 g/mol. The van der Waals surface area contributed by atoms with Crippen molar-refractivity contribution >= 4 is 15.9 Å². The van der Waals surface area contributed by atoms with E-state index in [4.69, 9.17) is 9.84 Å². The largest absolute Gasteiger partial charge is 0.493 e. The van der Waals surface area contributed by atoms with E-state index >= 15 is 0 Å². The van der Waals surface area contributed by atoms with Gasteiger partial charge in [0.1, 0.15) is 5.75 Å². The lowest BCUT2D eigenvalue weighted by Gasteiger charge is -2.26. The van der Waals surface area contributed by atoms with E-state index in [-0.39, 0.29) is 12.0 Å². The first kappa shape index (κ1) is 11.9. The quantitative estimate of drug-likeness (QED) is 0.925. The molecule has 0 aromatic heterocycles. The summed E-state index contributed by atoms with van der Waals surface area (Å²) in [6.07, 6.45) is 1.73. The summed E-state index contributed by atoms with van der Waals surface area (Å²) in [5, 5.41) is 9.13. The molecule has 0 saturated heterocycles. The molecule has 0 aliphatic carbocycles. The highest BCUT2D eigenvalue weighted by atomic mass is 79.9. The van der Waals surface area contributed by atoms with Gasteiger partial charge in [0.15, 0.2) is 0 Å². The fourth-order valence-electron chi connectivity index (χ4n) is 2.19. The zero-order valence-corrected chi connectivity index (χ0v) is 11.3. The van der Waals surface area contributed by atoms with Crippen molar-refractivity contribution in [3.8, 4) is 5.75 Å². The van der Waals surface area contributed by atoms with Crippen LogP contribution in [0.25, 0.3) is 0 Å². The number of aliphatic hydroxyl groups is 1. The lowest BCUT2D eigenvalue weighted by molar-refractivity contribution is 0.249. The van der Waals surface area contributed by atoms with Gasteiger partial charge in [-0.3, -0.25) is 0 Å². The summed E-state index contributed by atoms with van der Waals surface area (Å²) >= 11 is 3.54. The summed E-state index contributed by atoms with van der Waals surface area (Å²) < 4.78 is 6.81. The van der Waals surface area contributed by atoms with Crippen molar-refractivity contribution in [1.29, 1.82) is 0 Å². The molecule has 1 aromatic rings. The number of rotatable bonds is 3. The Morgan fingerprint density at radius 2 is 2.19 bits per heavy atom. The SMILES string of the molecule is CC(C)(CCO)c1cc(Br)cc2c1OCC2. The van der Waals surface area contributed by atoms with Gasteiger partial charge in [-0.1, -0.05) is 29.8 Å². The maximum absolute atomic E-state index is 9.13. The van der Waals surface area contributed by atoms with Crippen molar-refractivity contribution in [2.75, 3.05) is 13.2 Å². The first-order valence-corrected chi connectivity index (χ1v) is 6.40. The highest BCUT2D eigenvalue weighted by Crippen LogP contribution is 2.41. The Kier molecular flexibility index (Phi) is 3.27. The molecule has 3 heteroatoms. The fourth-order valence-corrected chi connectivity index (χ4v) is 2.69. The van der Waals surface area contributed by atoms with Crippen LogP contribution in [-0.2, 0) is 11.8 Å². The summed E-state index contributed by atoms with van der Waals surface area (Å²) in [4.78, 5) is 0. The predicted octanol–water partition coefficient (Wildman–Crippen LogP) is 3.04. The molecule has 1 aromatic carbocycles. The molecule has 1 aliphatic rings. The highest BCUT2D eigenvalue weighted by Gasteiger charge is 2.28. The molecule has 0 atom stereocenters. The third-order valence-corrected chi connectivity index (χ3v) is 3.67. The van der Waals surface area contributed by atoms with Gasteiger partial charge in [0.2, 0.25) is 0 Å². The summed E-state index contributed by atoms with van der Waals surface area (Å²) in [5.74, 6) is 1.03. The molecule has 0 fully saturated rings. The van der Waals surface area contributed by atoms with Crippen LogP contribution >= 0.6 is 15.9 Å². The maximum atomic E-state index is 9.13. The number of ether oxygens (including phenoxy) is 1. The molecule has 0 amide bonds. The zero-order valence-electron chi connectivity index (χ0n) is 9.72. The smallest absolute Gasteiger partial charge is 0.126 e. The van der Waals surface area contributed by atoms with Crippen molar-refractivity contribution in [1.82, 2.24) is 0 Å². The monoisotopic (exact) mass is 284 g/mol. The van der Waals surface area contributed by atoms with Crippen LogP contribution < -0.4 is 4.74 Å². The maximum Gasteiger partial charge on any atom is 0.126 e. The minimum absolute atomic E-state index is 0.0487. The molecule has 0 spiro atoms. The fraction of sp³-hybridized carbons (Fsp3) is 0.538. The lowest BCUT2D eigenvalue weighted by atomic mass is 9.80. The normalized spacial score (nSPS) is 14.8. The number of hydrogen-bond donors (Lipinski definition) is 1. The summed E-state index contributed by atoms with van der Waals surface area (Å²) in [7, 11) is 0. The first-order chi connectivity index (χ1) is 7.54. The van der Waals surface area contributed by atoms with Crippen LogP contribution in [0.4, 0.5) is 0 Å². The molecule has 1 aliphatic heterocycles. The minimum atomic E-state index is -0.0487. The minimum Gasteiger partial charge on any atom is -0.493 e. The zero-order chi connectivity index (χ0) is 11.8. The van der Waals surface area contributed by atoms with Gasteiger partial charge in [0.25, 0.3) is 0 Å². The summed E-state index contributed by atoms with van der Waals surface area (Å²) in [6, 6.07) is 4.24. The molecule has 88 valence electrons. The molecular weight excluding hydrogens is 268 g/mol. The van der Waals surface area contributed by atoms with Crippen molar-refractivity contribution in [2.45, 2.75) is 32.1 Å². The molecule has 2 nitrogen and oxygen atoms in total. The number of benzene rings is 1. The Labute approximate surface area is 105 Å². The van der Waals surface area contributed by atoms with E-state index in [0.717, 1.165) is 29.7 Å². The molecule has 1 heterocycles. The Hall–Kier alpha value is -0.540. The van der Waals surface area contributed by atoms with E-state index in [1.807, 2.05) is 0 Å². The Morgan fingerprint density at radius 1 is 1.44 bits per heavy atom. The molecule has 0 saturated carbocycles. The molecule has 0 unspecified atom stereocenters. The van der Waals surface area contributed by atoms with Crippen LogP contribution in [-0.4, -0.2) is 18.3 Å². The Bertz CT molecular complexity index is 399. The first-order valence-electron chi connectivity index (χ1n) is 5.61. The lowest BCUT2D eigenvalue weighted by Crippen LogP contribution is -2.19. The van der Waals surface area contributed by atoms with Gasteiger partial charge < -0.3 is 9.84 Å². The topological polar surface area (TPSA) is 29.5 Å². The van der Waals surface area contributed by atoms with E-state index in [1.165, 1.54) is 11.1 Å². The third kappa shape index (κ3) is 2.11. The standard InChI is InChI=1S/C13H17BrO2/c1-13(2,4-5-15)11-8-10(14)7-9-3-6-16-12(9)11/h7-8,15H,3-6H2,1-2H3. The van der Waals surface area contributed by atoms with Crippen LogP contribution in [0.5, 0.6) is 5.75 Å². The second kappa shape index (κ2) is 4.38. The van der Waals surface area contributed by atoms with Gasteiger partial charge in [-0.2, -0.15) is 0 Å². The second-order valence-corrected chi connectivity index (χ2v) is 5.81. The molecule has 0 radical (unpaired) electrons. The van der Waals surface area contributed by atoms with E-state index in [0.29, 0.717) is 0 Å². The number of hydrogen-bond acceptors (Lipinski definition) is 2. The Balaban J connectivity index is 2.48. The van der Waals surface area contributed by atoms with Gasteiger partial charge in [0.05, 0.1) is 6.61 Å². The van der Waals surface area contributed by atoms with E-state index in [9.17, 15) is 0 Å². The molecular formula is C13H17BrO2. The van der Waals surface area contributed by atoms with Gasteiger partial charge >= 0.3 is 0 Å². The average Bonchev–Trinajstić information content (AvgIpc) is 2.63. The number of fused-ring (bicyclic) bond motifs is 1. The van der Waals surface area contributed by atoms with Gasteiger partial charge in [-0.05, 0) is 29.5 Å². The molecule has 16 heavy (non-hydrogen) atoms. The van der Waals surface area contributed by atoms with Crippen molar-refractivity contribution in [2.24, 2.45) is 0 Å². The van der Waals surface area contributed by atoms with Crippen molar-refractivity contribution in [3.05, 3.63) is 27.7 Å². The van der Waals surface area contributed by atoms with Crippen LogP contribution in [0.15, 0.2) is 16.6 Å². The molecule has 2 rings (SSSR count). The number of halogens is 1. The second-order valence-electron chi connectivity index (χ2n) is 4.90. The highest BCUT2D eigenvalue weighted by molar-refractivity contribution is 9.10. The predicted molar refractivity (Wildman–Crippen MR) is 68.1 cm³/mol. The van der Waals surface area contributed by atoms with Crippen molar-refractivity contribution < 1.29 is 9.84 Å². The Morgan fingerprint density at radius 3 is 2.88 bits per heavy atom. The van der Waals surface area contributed by atoms with Gasteiger partial charge in [0, 0.05) is 23.1 Å². The number of aliphatic hydroxyl groups excluding tert-OH is 1. The van der Waals surface area contributed by atoms with Gasteiger partial charge in [-0.15, -0.1) is 0 Å². The van der Waals surface area contributed by atoms with E-state index in [2.05, 4.69) is 41.9 Å². The summed E-state index contributed by atoms with van der Waals surface area (Å²) in [6.45, 7) is 5.27. The molecule has 0 bridgehead atoms. The van der Waals surface area contributed by atoms with Gasteiger partial charge in [-0.25, -0.2) is 0 Å². The van der Waals surface area contributed by atoms with E-state index < -0.39 is 0 Å².